The number of hydrogen-bond acceptors (Lipinski definition) is 4. The molecule has 1 heterocycles. The Bertz CT molecular complexity index is 946. The number of aromatic amines is 1. The number of benzene rings is 2. The lowest BCUT2D eigenvalue weighted by Crippen LogP contribution is -2.36. The molecule has 0 spiro atoms. The largest absolute Gasteiger partial charge is 0.455 e. The van der Waals surface area contributed by atoms with Crippen LogP contribution in [0.4, 0.5) is 0 Å². The molecule has 2 aromatic carbocycles. The van der Waals surface area contributed by atoms with Gasteiger partial charge in [0.2, 0.25) is 0 Å². The highest BCUT2D eigenvalue weighted by molar-refractivity contribution is 6.07. The number of aromatic nitrogens is 1. The number of carbonyl (C=O) groups excluding carboxylic acids is 1. The van der Waals surface area contributed by atoms with Crippen molar-refractivity contribution >= 4 is 22.8 Å². The van der Waals surface area contributed by atoms with E-state index in [1.54, 1.807) is 6.07 Å². The zero-order valence-electron chi connectivity index (χ0n) is 13.7. The molecule has 0 unspecified atom stereocenters. The number of amides is 1. The first-order chi connectivity index (χ1) is 12.1. The van der Waals surface area contributed by atoms with E-state index in [2.05, 4.69) is 15.3 Å². The van der Waals surface area contributed by atoms with E-state index in [9.17, 15) is 4.79 Å². The number of ether oxygens (including phenoxy) is 1. The van der Waals surface area contributed by atoms with Crippen LogP contribution in [0.2, 0.25) is 0 Å². The molecule has 0 saturated heterocycles. The lowest BCUT2D eigenvalue weighted by atomic mass is 10.2. The molecule has 0 aliphatic carbocycles. The summed E-state index contributed by atoms with van der Waals surface area (Å²) >= 11 is 0. The summed E-state index contributed by atoms with van der Waals surface area (Å²) in [6.07, 6.45) is 0. The first-order valence-corrected chi connectivity index (χ1v) is 7.73. The fourth-order valence-electron chi connectivity index (χ4n) is 2.47. The molecule has 6 N–H and O–H groups in total. The van der Waals surface area contributed by atoms with Crippen LogP contribution in [0.3, 0.4) is 0 Å². The van der Waals surface area contributed by atoms with Crippen molar-refractivity contribution in [3.05, 3.63) is 59.8 Å². The van der Waals surface area contributed by atoms with Crippen LogP contribution in [-0.4, -0.2) is 23.9 Å². The topological polar surface area (TPSA) is 119 Å². The minimum Gasteiger partial charge on any atom is -0.455 e. The van der Waals surface area contributed by atoms with Gasteiger partial charge in [0, 0.05) is 24.5 Å². The van der Waals surface area contributed by atoms with Gasteiger partial charge in [0.15, 0.2) is 11.7 Å². The monoisotopic (exact) mass is 337 g/mol. The minimum absolute atomic E-state index is 0.0528. The number of nitrogens with one attached hydrogen (secondary N) is 2. The Labute approximate surface area is 144 Å². The maximum atomic E-state index is 12.2. The van der Waals surface area contributed by atoms with E-state index in [0.717, 1.165) is 10.9 Å². The molecule has 0 saturated carbocycles. The third kappa shape index (κ3) is 3.46. The fraction of sp³-hybridized carbons (Fsp3) is 0.111. The molecule has 128 valence electrons. The molecule has 1 amide bonds. The zero-order chi connectivity index (χ0) is 17.8. The molecular weight excluding hydrogens is 318 g/mol. The van der Waals surface area contributed by atoms with Crippen LogP contribution in [0.5, 0.6) is 11.5 Å². The molecule has 1 aromatic heterocycles. The van der Waals surface area contributed by atoms with Crippen LogP contribution in [0.1, 0.15) is 16.1 Å². The summed E-state index contributed by atoms with van der Waals surface area (Å²) in [4.78, 5) is 19.0. The lowest BCUT2D eigenvalue weighted by Gasteiger charge is -2.10. The smallest absolute Gasteiger partial charge is 0.274 e. The van der Waals surface area contributed by atoms with E-state index in [1.165, 1.54) is 7.05 Å². The molecule has 0 bridgehead atoms. The Kier molecular flexibility index (Phi) is 4.67. The van der Waals surface area contributed by atoms with E-state index in [-0.39, 0.29) is 11.9 Å². The summed E-state index contributed by atoms with van der Waals surface area (Å²) in [7, 11) is 1.50. The Balaban J connectivity index is 1.96. The molecule has 3 rings (SSSR count). The number of fused-ring (bicyclic) bond motifs is 1. The van der Waals surface area contributed by atoms with Crippen LogP contribution in [-0.2, 0) is 6.54 Å². The van der Waals surface area contributed by atoms with Crippen molar-refractivity contribution in [2.75, 3.05) is 7.05 Å². The number of para-hydroxylation sites is 2. The summed E-state index contributed by atoms with van der Waals surface area (Å²) < 4.78 is 6.02. The summed E-state index contributed by atoms with van der Waals surface area (Å²) in [6, 6.07) is 14.9. The Morgan fingerprint density at radius 1 is 1.20 bits per heavy atom. The number of H-pyrrole nitrogens is 1. The third-order valence-electron chi connectivity index (χ3n) is 3.76. The quantitative estimate of drug-likeness (QED) is 0.430. The predicted molar refractivity (Wildman–Crippen MR) is 97.7 cm³/mol. The maximum Gasteiger partial charge on any atom is 0.274 e. The second-order valence-electron chi connectivity index (χ2n) is 5.38. The van der Waals surface area contributed by atoms with Crippen molar-refractivity contribution in [3.8, 4) is 11.5 Å². The molecule has 0 fully saturated rings. The predicted octanol–water partition coefficient (Wildman–Crippen LogP) is 2.09. The minimum atomic E-state index is -0.368. The molecule has 7 heteroatoms. The van der Waals surface area contributed by atoms with Crippen molar-refractivity contribution < 1.29 is 9.53 Å². The van der Waals surface area contributed by atoms with Gasteiger partial charge in [-0.15, -0.1) is 0 Å². The van der Waals surface area contributed by atoms with Crippen LogP contribution < -0.4 is 21.5 Å². The van der Waals surface area contributed by atoms with Gasteiger partial charge < -0.3 is 21.2 Å². The average Bonchev–Trinajstić information content (AvgIpc) is 3.07. The average molecular weight is 337 g/mol. The van der Waals surface area contributed by atoms with Crippen LogP contribution in [0.15, 0.2) is 53.5 Å². The van der Waals surface area contributed by atoms with E-state index in [4.69, 9.17) is 16.2 Å². The highest BCUT2D eigenvalue weighted by Gasteiger charge is 2.14. The summed E-state index contributed by atoms with van der Waals surface area (Å²) in [5.74, 6) is 0.972. The number of nitrogens with two attached hydrogens (primary N) is 2. The molecular formula is C18H19N5O2. The first-order valence-electron chi connectivity index (χ1n) is 7.73. The summed E-state index contributed by atoms with van der Waals surface area (Å²) in [6.45, 7) is 0.375. The van der Waals surface area contributed by atoms with Crippen LogP contribution >= 0.6 is 0 Å². The SMILES string of the molecule is CN=C(N)NC(=O)c1cc2cccc(Oc3ccccc3CN)c2[nH]1. The number of carbonyl (C=O) groups is 1. The lowest BCUT2D eigenvalue weighted by molar-refractivity contribution is 0.0972. The molecule has 0 radical (unpaired) electrons. The van der Waals surface area contributed by atoms with Crippen LogP contribution in [0, 0.1) is 0 Å². The standard InChI is InChI=1S/C18H19N5O2/c1-21-18(20)23-17(24)13-9-11-6-4-8-15(16(11)22-13)25-14-7-3-2-5-12(14)10-19/h2-9,22H,10,19H2,1H3,(H3,20,21,23,24). The number of nitrogens with zero attached hydrogens (tertiary/aromatic N) is 1. The van der Waals surface area contributed by atoms with Gasteiger partial charge in [-0.25, -0.2) is 0 Å². The van der Waals surface area contributed by atoms with Gasteiger partial charge >= 0.3 is 0 Å². The van der Waals surface area contributed by atoms with Gasteiger partial charge in [-0.2, -0.15) is 0 Å². The van der Waals surface area contributed by atoms with E-state index in [0.29, 0.717) is 29.3 Å². The van der Waals surface area contributed by atoms with Gasteiger partial charge in [-0.3, -0.25) is 15.1 Å². The number of hydrogen-bond donors (Lipinski definition) is 4. The second kappa shape index (κ2) is 7.06. The van der Waals surface area contributed by atoms with Crippen molar-refractivity contribution in [2.45, 2.75) is 6.54 Å². The third-order valence-corrected chi connectivity index (χ3v) is 3.76. The first kappa shape index (κ1) is 16.5. The highest BCUT2D eigenvalue weighted by atomic mass is 16.5. The van der Waals surface area contributed by atoms with Crippen molar-refractivity contribution in [2.24, 2.45) is 16.5 Å². The molecule has 3 aromatic rings. The van der Waals surface area contributed by atoms with Gasteiger partial charge in [0.1, 0.15) is 11.4 Å². The van der Waals surface area contributed by atoms with Gasteiger partial charge in [0.05, 0.1) is 5.52 Å². The van der Waals surface area contributed by atoms with Crippen molar-refractivity contribution in [1.29, 1.82) is 0 Å². The number of rotatable bonds is 4. The maximum absolute atomic E-state index is 12.2. The molecule has 0 aliphatic rings. The van der Waals surface area contributed by atoms with Gasteiger partial charge in [-0.05, 0) is 18.2 Å². The number of aliphatic imine (C=N–C) groups is 1. The Hall–Kier alpha value is -3.32. The Morgan fingerprint density at radius 3 is 2.72 bits per heavy atom. The molecule has 0 atom stereocenters. The van der Waals surface area contributed by atoms with E-state index in [1.807, 2.05) is 42.5 Å². The normalized spacial score (nSPS) is 11.5. The van der Waals surface area contributed by atoms with Gasteiger partial charge in [-0.1, -0.05) is 30.3 Å². The molecule has 7 nitrogen and oxygen atoms in total. The van der Waals surface area contributed by atoms with Gasteiger partial charge in [0.25, 0.3) is 5.91 Å². The zero-order valence-corrected chi connectivity index (χ0v) is 13.7. The number of guanidine groups is 1. The second-order valence-corrected chi connectivity index (χ2v) is 5.38. The fourth-order valence-corrected chi connectivity index (χ4v) is 2.47. The summed E-state index contributed by atoms with van der Waals surface area (Å²) in [5.41, 5.74) is 13.3. The Morgan fingerprint density at radius 2 is 1.96 bits per heavy atom. The molecule has 25 heavy (non-hydrogen) atoms. The summed E-state index contributed by atoms with van der Waals surface area (Å²) in [5, 5.41) is 3.34. The highest BCUT2D eigenvalue weighted by Crippen LogP contribution is 2.31. The van der Waals surface area contributed by atoms with Crippen molar-refractivity contribution in [1.82, 2.24) is 10.3 Å². The van der Waals surface area contributed by atoms with Crippen LogP contribution in [0.25, 0.3) is 10.9 Å². The van der Waals surface area contributed by atoms with E-state index < -0.39 is 0 Å². The molecule has 0 aliphatic heterocycles. The van der Waals surface area contributed by atoms with Crippen molar-refractivity contribution in [3.63, 3.8) is 0 Å². The van der Waals surface area contributed by atoms with E-state index >= 15 is 0 Å².